The second-order valence-corrected chi connectivity index (χ2v) is 9.85. The van der Waals surface area contributed by atoms with E-state index in [1.54, 1.807) is 0 Å². The first-order valence-electron chi connectivity index (χ1n) is 13.2. The van der Waals surface area contributed by atoms with Crippen LogP contribution in [0.1, 0.15) is 0 Å². The average Bonchev–Trinajstić information content (AvgIpc) is 3.58. The highest BCUT2D eigenvalue weighted by atomic mass is 16.3. The van der Waals surface area contributed by atoms with Crippen molar-refractivity contribution >= 4 is 66.6 Å². The highest BCUT2D eigenvalue weighted by Gasteiger charge is 2.44. The smallest absolute Gasteiger partial charge is 0.197 e. The molecule has 0 fully saturated rings. The molecule has 0 unspecified atom stereocenters. The third-order valence-electron chi connectivity index (χ3n) is 7.78. The van der Waals surface area contributed by atoms with Crippen molar-refractivity contribution in [2.75, 3.05) is 0 Å². The Balaban J connectivity index is 1.61. The van der Waals surface area contributed by atoms with E-state index in [0.29, 0.717) is 4.48 Å². The SMILES string of the molecule is c1ccc([N+](c2ccccc2)(c2cccc3c2oc2ccccc23)c2cccc3c2oc2ccccc23)cc1. The molecule has 2 aromatic heterocycles. The van der Waals surface area contributed by atoms with Gasteiger partial charge in [-0.3, -0.25) is 0 Å². The van der Waals surface area contributed by atoms with Gasteiger partial charge in [-0.15, -0.1) is 0 Å². The number of hydrogen-bond acceptors (Lipinski definition) is 2. The maximum absolute atomic E-state index is 6.68. The highest BCUT2D eigenvalue weighted by molar-refractivity contribution is 6.13. The van der Waals surface area contributed by atoms with E-state index in [0.717, 1.165) is 66.6 Å². The van der Waals surface area contributed by atoms with Crippen molar-refractivity contribution in [2.24, 2.45) is 0 Å². The fourth-order valence-corrected chi connectivity index (χ4v) is 6.13. The lowest BCUT2D eigenvalue weighted by Crippen LogP contribution is -2.33. The number of fused-ring (bicyclic) bond motifs is 6. The van der Waals surface area contributed by atoms with Gasteiger partial charge in [0.1, 0.15) is 22.5 Å². The summed E-state index contributed by atoms with van der Waals surface area (Å²) in [6, 6.07) is 50.7. The van der Waals surface area contributed by atoms with Crippen LogP contribution < -0.4 is 4.48 Å². The Morgan fingerprint density at radius 2 is 0.718 bits per heavy atom. The highest BCUT2D eigenvalue weighted by Crippen LogP contribution is 2.56. The lowest BCUT2D eigenvalue weighted by molar-refractivity contribution is 0.625. The fourth-order valence-electron chi connectivity index (χ4n) is 6.13. The van der Waals surface area contributed by atoms with Crippen LogP contribution in [-0.4, -0.2) is 0 Å². The number of benzene rings is 6. The monoisotopic (exact) mass is 502 g/mol. The van der Waals surface area contributed by atoms with Crippen LogP contribution in [0.5, 0.6) is 0 Å². The van der Waals surface area contributed by atoms with Gasteiger partial charge < -0.3 is 8.83 Å². The van der Waals surface area contributed by atoms with Crippen LogP contribution in [-0.2, 0) is 0 Å². The van der Waals surface area contributed by atoms with Gasteiger partial charge in [0.25, 0.3) is 0 Å². The van der Waals surface area contributed by atoms with Crippen LogP contribution in [0.15, 0.2) is 154 Å². The van der Waals surface area contributed by atoms with E-state index < -0.39 is 0 Å². The number of nitrogens with zero attached hydrogens (tertiary/aromatic N) is 1. The zero-order valence-corrected chi connectivity index (χ0v) is 21.1. The van der Waals surface area contributed by atoms with Gasteiger partial charge in [-0.2, -0.15) is 4.48 Å². The zero-order chi connectivity index (χ0) is 25.8. The molecule has 39 heavy (non-hydrogen) atoms. The third-order valence-corrected chi connectivity index (χ3v) is 7.78. The van der Waals surface area contributed by atoms with Gasteiger partial charge in [0, 0.05) is 57.9 Å². The lowest BCUT2D eigenvalue weighted by Gasteiger charge is -2.36. The molecule has 0 N–H and O–H groups in total. The number of quaternary nitrogens is 1. The Morgan fingerprint density at radius 1 is 0.333 bits per heavy atom. The molecule has 0 saturated carbocycles. The van der Waals surface area contributed by atoms with Gasteiger partial charge in [-0.05, 0) is 12.1 Å². The minimum absolute atomic E-state index is 0.302. The van der Waals surface area contributed by atoms with E-state index in [9.17, 15) is 0 Å². The fraction of sp³-hybridized carbons (Fsp3) is 0. The van der Waals surface area contributed by atoms with Crippen molar-refractivity contribution in [1.29, 1.82) is 0 Å². The van der Waals surface area contributed by atoms with Gasteiger partial charge in [-0.1, -0.05) is 97.1 Å². The van der Waals surface area contributed by atoms with Crippen molar-refractivity contribution < 1.29 is 8.83 Å². The van der Waals surface area contributed by atoms with Gasteiger partial charge in [-0.25, -0.2) is 0 Å². The van der Waals surface area contributed by atoms with Crippen molar-refractivity contribution in [3.05, 3.63) is 146 Å². The summed E-state index contributed by atoms with van der Waals surface area (Å²) in [5, 5.41) is 4.40. The topological polar surface area (TPSA) is 26.3 Å². The predicted octanol–water partition coefficient (Wildman–Crippen LogP) is 10.8. The standard InChI is InChI=1S/C36H24NO2/c1-3-13-25(14-4-1)37(26-15-5-2-6-16-26,31-21-11-19-29-27-17-7-9-23-33(27)38-35(29)31)32-22-12-20-30-28-18-8-10-24-34(28)39-36(30)32/h1-24H/q+1. The summed E-state index contributed by atoms with van der Waals surface area (Å²) in [7, 11) is 0. The Hall–Kier alpha value is -5.12. The van der Waals surface area contributed by atoms with E-state index in [2.05, 4.69) is 121 Å². The van der Waals surface area contributed by atoms with Crippen LogP contribution in [0.4, 0.5) is 22.7 Å². The van der Waals surface area contributed by atoms with E-state index in [-0.39, 0.29) is 0 Å². The quantitative estimate of drug-likeness (QED) is 0.224. The molecule has 2 heterocycles. The van der Waals surface area contributed by atoms with E-state index >= 15 is 0 Å². The van der Waals surface area contributed by atoms with Crippen LogP contribution in [0.3, 0.4) is 0 Å². The summed E-state index contributed by atoms with van der Waals surface area (Å²) in [5.41, 5.74) is 7.69. The molecule has 0 spiro atoms. The van der Waals surface area contributed by atoms with Crippen LogP contribution in [0.2, 0.25) is 0 Å². The molecule has 8 aromatic rings. The predicted molar refractivity (Wildman–Crippen MR) is 161 cm³/mol. The van der Waals surface area contributed by atoms with E-state index in [1.165, 1.54) is 0 Å². The molecular weight excluding hydrogens is 478 g/mol. The molecule has 0 aliphatic carbocycles. The van der Waals surface area contributed by atoms with Gasteiger partial charge >= 0.3 is 0 Å². The first kappa shape index (κ1) is 21.9. The van der Waals surface area contributed by atoms with Crippen molar-refractivity contribution in [3.63, 3.8) is 0 Å². The Bertz CT molecular complexity index is 1970. The number of furan rings is 2. The number of hydrogen-bond donors (Lipinski definition) is 0. The second-order valence-electron chi connectivity index (χ2n) is 9.85. The molecule has 3 heteroatoms. The summed E-state index contributed by atoms with van der Waals surface area (Å²) in [6.45, 7) is 0. The maximum Gasteiger partial charge on any atom is 0.197 e. The number of rotatable bonds is 4. The zero-order valence-electron chi connectivity index (χ0n) is 21.1. The largest absolute Gasteiger partial charge is 0.450 e. The van der Waals surface area contributed by atoms with Crippen LogP contribution in [0, 0.1) is 0 Å². The third kappa shape index (κ3) is 3.08. The summed E-state index contributed by atoms with van der Waals surface area (Å²) >= 11 is 0. The Kier molecular flexibility index (Phi) is 4.75. The van der Waals surface area contributed by atoms with E-state index in [1.807, 2.05) is 24.3 Å². The second kappa shape index (κ2) is 8.45. The molecule has 6 aromatic carbocycles. The van der Waals surface area contributed by atoms with Crippen LogP contribution >= 0.6 is 0 Å². The molecule has 0 bridgehead atoms. The van der Waals surface area contributed by atoms with Crippen molar-refractivity contribution in [1.82, 2.24) is 4.48 Å². The first-order chi connectivity index (χ1) is 19.4. The molecular formula is C36H24NO2+. The first-order valence-corrected chi connectivity index (χ1v) is 13.2. The van der Waals surface area contributed by atoms with E-state index in [4.69, 9.17) is 8.83 Å². The summed E-state index contributed by atoms with van der Waals surface area (Å²) in [5.74, 6) is 0. The number of para-hydroxylation sites is 6. The molecule has 0 amide bonds. The molecule has 184 valence electrons. The summed E-state index contributed by atoms with van der Waals surface area (Å²) < 4.78 is 13.7. The van der Waals surface area contributed by atoms with Gasteiger partial charge in [0.15, 0.2) is 22.5 Å². The minimum Gasteiger partial charge on any atom is -0.450 e. The molecule has 0 radical (unpaired) electrons. The van der Waals surface area contributed by atoms with Crippen molar-refractivity contribution in [2.45, 2.75) is 0 Å². The van der Waals surface area contributed by atoms with Crippen molar-refractivity contribution in [3.8, 4) is 0 Å². The minimum atomic E-state index is 0.302. The average molecular weight is 503 g/mol. The normalized spacial score (nSPS) is 12.1. The molecule has 0 saturated heterocycles. The lowest BCUT2D eigenvalue weighted by atomic mass is 10.0. The molecule has 8 rings (SSSR count). The molecule has 0 aliphatic rings. The Labute approximate surface area is 225 Å². The summed E-state index contributed by atoms with van der Waals surface area (Å²) in [6.07, 6.45) is 0. The molecule has 3 nitrogen and oxygen atoms in total. The van der Waals surface area contributed by atoms with Gasteiger partial charge in [0.2, 0.25) is 0 Å². The molecule has 0 aliphatic heterocycles. The molecule has 0 atom stereocenters. The summed E-state index contributed by atoms with van der Waals surface area (Å²) in [4.78, 5) is 0. The van der Waals surface area contributed by atoms with Gasteiger partial charge in [0.05, 0.1) is 0 Å². The van der Waals surface area contributed by atoms with Crippen LogP contribution in [0.25, 0.3) is 43.9 Å². The Morgan fingerprint density at radius 3 is 1.18 bits per heavy atom. The maximum atomic E-state index is 6.68.